The fourth-order valence-electron chi connectivity index (χ4n) is 15.2. The van der Waals surface area contributed by atoms with E-state index in [9.17, 15) is 22.8 Å². The molecule has 6 aliphatic carbocycles. The number of nitriles is 1. The highest BCUT2D eigenvalue weighted by atomic mass is 32.2. The molecule has 0 aromatic carbocycles. The molecule has 64 heavy (non-hydrogen) atoms. The van der Waals surface area contributed by atoms with E-state index in [0.717, 1.165) is 87.5 Å². The van der Waals surface area contributed by atoms with Crippen LogP contribution in [0.2, 0.25) is 0 Å². The van der Waals surface area contributed by atoms with Crippen LogP contribution in [0.3, 0.4) is 0 Å². The Labute approximate surface area is 394 Å². The highest BCUT2D eigenvalue weighted by molar-refractivity contribution is 8.04. The van der Waals surface area contributed by atoms with Gasteiger partial charge in [-0.3, -0.25) is 17.5 Å². The minimum atomic E-state index is -2.25. The predicted octanol–water partition coefficient (Wildman–Crippen LogP) is 11.4. The van der Waals surface area contributed by atoms with Crippen LogP contribution in [0, 0.1) is 57.0 Å². The largest absolute Gasteiger partial charge is 0.490 e. The van der Waals surface area contributed by atoms with E-state index in [1.54, 1.807) is 0 Å². The minimum absolute atomic E-state index is 0.0124. The molecule has 13 heteroatoms. The Balaban J connectivity index is 1.15. The van der Waals surface area contributed by atoms with Crippen LogP contribution in [0.25, 0.3) is 0 Å². The van der Waals surface area contributed by atoms with E-state index < -0.39 is 22.7 Å². The third kappa shape index (κ3) is 10.6. The third-order valence-electron chi connectivity index (χ3n) is 17.7. The van der Waals surface area contributed by atoms with Crippen molar-refractivity contribution in [2.75, 3.05) is 26.3 Å². The zero-order chi connectivity index (χ0) is 45.0. The summed E-state index contributed by atoms with van der Waals surface area (Å²) < 4.78 is 61.8. The Bertz CT molecular complexity index is 1910. The van der Waals surface area contributed by atoms with Crippen molar-refractivity contribution in [2.45, 2.75) is 186 Å². The van der Waals surface area contributed by atoms with Crippen molar-refractivity contribution in [3.05, 3.63) is 46.9 Å². The molecule has 2 heterocycles. The van der Waals surface area contributed by atoms with Gasteiger partial charge in [-0.1, -0.05) is 58.4 Å². The van der Waals surface area contributed by atoms with Crippen molar-refractivity contribution in [3.8, 4) is 5.40 Å². The molecule has 0 spiro atoms. The number of allylic oxidation sites excluding steroid dienone is 7. The Hall–Kier alpha value is -1.79. The van der Waals surface area contributed by atoms with Gasteiger partial charge in [0, 0.05) is 53.8 Å². The van der Waals surface area contributed by atoms with Crippen LogP contribution in [-0.4, -0.2) is 82.5 Å². The third-order valence-corrected chi connectivity index (χ3v) is 19.3. The summed E-state index contributed by atoms with van der Waals surface area (Å²) in [6, 6.07) is 0.937. The second kappa shape index (κ2) is 21.7. The van der Waals surface area contributed by atoms with Crippen LogP contribution in [-0.2, 0) is 35.8 Å². The lowest BCUT2D eigenvalue weighted by Crippen LogP contribution is -2.46. The lowest BCUT2D eigenvalue weighted by molar-refractivity contribution is -0.569. The molecule has 10 unspecified atom stereocenters. The molecular formula is C51H78N3O7S3+. The average molecular weight is 941 g/mol. The molecule has 5 saturated carbocycles. The summed E-state index contributed by atoms with van der Waals surface area (Å²) in [5.74, 6) is 5.32. The van der Waals surface area contributed by atoms with E-state index in [0.29, 0.717) is 42.0 Å². The fraction of sp³-hybridized carbons (Fsp3) is 0.804. The molecule has 0 aromatic heterocycles. The van der Waals surface area contributed by atoms with Gasteiger partial charge in [0.25, 0.3) is 0 Å². The van der Waals surface area contributed by atoms with Crippen molar-refractivity contribution >= 4 is 40.2 Å². The summed E-state index contributed by atoms with van der Waals surface area (Å²) in [7, 11) is 0. The molecule has 0 amide bonds. The number of thiocyanates is 1. The SMILES string of the molecule is CC1(C)C(/C=C/C2=C(OC3CCC(SC#N)CC3)C(=C/C=C3/N(CCCOS(=O)O)C4CCC5CCCCC5C4C3(C)C)/CCC2)=[N+](CCCOS(=O)O)C2CCC3CCCCC3C21. The molecule has 0 radical (unpaired) electrons. The quantitative estimate of drug-likeness (QED) is 0.0667. The van der Waals surface area contributed by atoms with Crippen LogP contribution < -0.4 is 0 Å². The highest BCUT2D eigenvalue weighted by Crippen LogP contribution is 2.60. The molecule has 356 valence electrons. The molecule has 0 aromatic rings. The van der Waals surface area contributed by atoms with Crippen LogP contribution in [0.4, 0.5) is 0 Å². The van der Waals surface area contributed by atoms with Crippen LogP contribution in [0.1, 0.15) is 163 Å². The van der Waals surface area contributed by atoms with Crippen molar-refractivity contribution in [1.29, 1.82) is 5.26 Å². The Morgan fingerprint density at radius 2 is 1.42 bits per heavy atom. The van der Waals surface area contributed by atoms with Crippen molar-refractivity contribution in [2.24, 2.45) is 46.3 Å². The number of ether oxygens (including phenoxy) is 1. The number of thioether (sulfide) groups is 1. The number of nitrogens with zero attached hydrogens (tertiary/aromatic N) is 3. The first kappa shape index (κ1) is 48.7. The highest BCUT2D eigenvalue weighted by Gasteiger charge is 2.60. The van der Waals surface area contributed by atoms with E-state index in [4.69, 9.17) is 13.1 Å². The second-order valence-electron chi connectivity index (χ2n) is 21.8. The molecular weight excluding hydrogens is 863 g/mol. The molecule has 1 saturated heterocycles. The maximum atomic E-state index is 11.4. The molecule has 2 aliphatic heterocycles. The maximum absolute atomic E-state index is 11.4. The number of fused-ring (bicyclic) bond motifs is 6. The van der Waals surface area contributed by atoms with Gasteiger partial charge in [-0.25, -0.2) is 4.58 Å². The van der Waals surface area contributed by atoms with E-state index >= 15 is 0 Å². The van der Waals surface area contributed by atoms with Crippen LogP contribution in [0.5, 0.6) is 0 Å². The van der Waals surface area contributed by atoms with Gasteiger partial charge in [-0.15, -0.1) is 0 Å². The van der Waals surface area contributed by atoms with Crippen molar-refractivity contribution in [3.63, 3.8) is 0 Å². The number of hydrogen-bond donors (Lipinski definition) is 2. The normalized spacial score (nSPS) is 37.0. The second-order valence-corrected chi connectivity index (χ2v) is 24.2. The summed E-state index contributed by atoms with van der Waals surface area (Å²) in [4.78, 5) is 2.67. The number of hydrogen-bond acceptors (Lipinski definition) is 8. The maximum Gasteiger partial charge on any atom is 0.301 e. The Morgan fingerprint density at radius 1 is 0.766 bits per heavy atom. The number of likely N-dealkylation sites (tertiary alicyclic amines) is 1. The Morgan fingerprint density at radius 3 is 2.11 bits per heavy atom. The smallest absolute Gasteiger partial charge is 0.301 e. The lowest BCUT2D eigenvalue weighted by atomic mass is 9.57. The zero-order valence-electron chi connectivity index (χ0n) is 39.3. The summed E-state index contributed by atoms with van der Waals surface area (Å²) in [6.07, 6.45) is 33.8. The van der Waals surface area contributed by atoms with Crippen LogP contribution >= 0.6 is 11.8 Å². The van der Waals surface area contributed by atoms with Crippen molar-refractivity contribution in [1.82, 2.24) is 4.90 Å². The van der Waals surface area contributed by atoms with Gasteiger partial charge < -0.3 is 9.64 Å². The zero-order valence-corrected chi connectivity index (χ0v) is 41.7. The summed E-state index contributed by atoms with van der Waals surface area (Å²) in [5, 5.41) is 12.1. The van der Waals surface area contributed by atoms with Gasteiger partial charge in [-0.05, 0) is 162 Å². The standard InChI is InChI=1S/C51H77N3O7S3/c1-50(2)45(53(30-10-32-59-63(55)56)43-26-18-35-12-5-7-16-41(35)47(43)50)28-20-37-14-9-15-38(49(37)61-39-22-24-40(25-23-39)62-34-52)21-29-46-51(3,4)48-42-17-8-6-13-36(42)19-27-44(48)54(46)31-11-33-60-64(57)58/h20-21,28-29,35-36,39-44,47-48H,5-19,22-27,30-33H2,1-4H3,(H-,55,56,57,58)/p+1. The van der Waals surface area contributed by atoms with Gasteiger partial charge in [0.05, 0.1) is 24.7 Å². The van der Waals surface area contributed by atoms with E-state index in [2.05, 4.69) is 66.9 Å². The Kier molecular flexibility index (Phi) is 16.5. The van der Waals surface area contributed by atoms with Crippen molar-refractivity contribution < 1.29 is 35.2 Å². The first-order valence-corrected chi connectivity index (χ1v) is 28.3. The molecule has 8 rings (SSSR count). The topological polar surface area (TPSA) is 132 Å². The molecule has 8 aliphatic rings. The first-order chi connectivity index (χ1) is 30.9. The number of rotatable bonds is 16. The summed E-state index contributed by atoms with van der Waals surface area (Å²) in [5.41, 5.74) is 5.29. The molecule has 10 nitrogen and oxygen atoms in total. The van der Waals surface area contributed by atoms with E-state index in [1.807, 2.05) is 0 Å². The summed E-state index contributed by atoms with van der Waals surface area (Å²) in [6.45, 7) is 12.1. The molecule has 6 fully saturated rings. The average Bonchev–Trinajstić information content (AvgIpc) is 3.64. The van der Waals surface area contributed by atoms with E-state index in [1.165, 1.54) is 111 Å². The van der Waals surface area contributed by atoms with Gasteiger partial charge in [-0.2, -0.15) is 13.7 Å². The molecule has 2 N–H and O–H groups in total. The first-order valence-electron chi connectivity index (χ1n) is 25.3. The minimum Gasteiger partial charge on any atom is -0.490 e. The van der Waals surface area contributed by atoms with Gasteiger partial charge in [0.1, 0.15) is 17.7 Å². The fourth-order valence-corrected chi connectivity index (χ4v) is 16.3. The van der Waals surface area contributed by atoms with E-state index in [-0.39, 0.29) is 30.1 Å². The van der Waals surface area contributed by atoms with Gasteiger partial charge in [0.2, 0.25) is 0 Å². The van der Waals surface area contributed by atoms with Gasteiger partial charge >= 0.3 is 22.7 Å². The summed E-state index contributed by atoms with van der Waals surface area (Å²) >= 11 is -3.09. The monoisotopic (exact) mass is 940 g/mol. The lowest BCUT2D eigenvalue weighted by Gasteiger charge is -2.47. The van der Waals surface area contributed by atoms with Crippen LogP contribution in [0.15, 0.2) is 46.9 Å². The molecule has 10 atom stereocenters. The van der Waals surface area contributed by atoms with Gasteiger partial charge in [0.15, 0.2) is 11.8 Å². The predicted molar refractivity (Wildman–Crippen MR) is 258 cm³/mol. The molecule has 0 bridgehead atoms.